The first-order valence-corrected chi connectivity index (χ1v) is 12.4. The van der Waals surface area contributed by atoms with Crippen molar-refractivity contribution in [1.29, 1.82) is 5.26 Å². The topological polar surface area (TPSA) is 50.6 Å². The second-order valence-electron chi connectivity index (χ2n) is 9.95. The first-order valence-electron chi connectivity index (χ1n) is 12.4. The molecule has 2 aromatic carbocycles. The van der Waals surface area contributed by atoms with Gasteiger partial charge >= 0.3 is 0 Å². The van der Waals surface area contributed by atoms with Crippen LogP contribution in [-0.4, -0.2) is 59.9 Å². The van der Waals surface area contributed by atoms with Crippen LogP contribution < -0.4 is 0 Å². The molecule has 2 aromatic rings. The van der Waals surface area contributed by atoms with Crippen LogP contribution in [0, 0.1) is 23.2 Å². The van der Waals surface area contributed by atoms with E-state index in [0.29, 0.717) is 24.9 Å². The van der Waals surface area contributed by atoms with E-state index < -0.39 is 0 Å². The van der Waals surface area contributed by atoms with E-state index in [9.17, 15) is 10.1 Å². The van der Waals surface area contributed by atoms with Gasteiger partial charge < -0.3 is 9.80 Å². The zero-order valence-corrected chi connectivity index (χ0v) is 21.0. The molecule has 3 rings (SSSR count). The van der Waals surface area contributed by atoms with Crippen LogP contribution in [0.15, 0.2) is 72.4 Å². The number of hydrogen-bond donors (Lipinski definition) is 0. The van der Waals surface area contributed by atoms with Gasteiger partial charge in [-0.2, -0.15) is 5.26 Å². The van der Waals surface area contributed by atoms with Crippen molar-refractivity contribution >= 4 is 5.91 Å². The monoisotopic (exact) mass is 458 g/mol. The molecule has 5 nitrogen and oxygen atoms in total. The molecule has 0 radical (unpaired) electrons. The van der Waals surface area contributed by atoms with Crippen LogP contribution >= 0.6 is 0 Å². The van der Waals surface area contributed by atoms with Crippen molar-refractivity contribution in [2.75, 3.05) is 39.3 Å². The van der Waals surface area contributed by atoms with Crippen molar-refractivity contribution in [3.8, 4) is 6.07 Å². The molecule has 0 aliphatic carbocycles. The number of carbonyl (C=O) groups is 1. The Hall–Kier alpha value is -3.10. The Morgan fingerprint density at radius 1 is 0.882 bits per heavy atom. The average Bonchev–Trinajstić information content (AvgIpc) is 2.83. The van der Waals surface area contributed by atoms with Gasteiger partial charge in [0.05, 0.1) is 6.04 Å². The van der Waals surface area contributed by atoms with Gasteiger partial charge in [0.2, 0.25) is 0 Å². The van der Waals surface area contributed by atoms with E-state index in [1.54, 1.807) is 6.20 Å². The molecule has 1 amide bonds. The average molecular weight is 459 g/mol. The van der Waals surface area contributed by atoms with Crippen LogP contribution in [0.1, 0.15) is 44.9 Å². The lowest BCUT2D eigenvalue weighted by Gasteiger charge is -2.39. The van der Waals surface area contributed by atoms with Crippen LogP contribution in [0.3, 0.4) is 0 Å². The SMILES string of the molecule is CC(C)CN(/C=C(/C#N)C(=O)N1CCN(C(c2ccccc2)c2ccccc2)CC1)CC(C)C. The fourth-order valence-electron chi connectivity index (χ4n) is 4.67. The maximum absolute atomic E-state index is 13.2. The van der Waals surface area contributed by atoms with Gasteiger partial charge in [0.25, 0.3) is 5.91 Å². The molecule has 180 valence electrons. The highest BCUT2D eigenvalue weighted by molar-refractivity contribution is 5.97. The molecular formula is C29H38N4O. The van der Waals surface area contributed by atoms with Gasteiger partial charge in [-0.25, -0.2) is 0 Å². The van der Waals surface area contributed by atoms with E-state index in [4.69, 9.17) is 0 Å². The molecule has 0 unspecified atom stereocenters. The number of hydrogen-bond acceptors (Lipinski definition) is 4. The van der Waals surface area contributed by atoms with Gasteiger partial charge in [0.1, 0.15) is 11.6 Å². The molecule has 0 bridgehead atoms. The quantitative estimate of drug-likeness (QED) is 0.394. The molecule has 1 fully saturated rings. The van der Waals surface area contributed by atoms with Crippen LogP contribution in [0.5, 0.6) is 0 Å². The molecule has 0 N–H and O–H groups in total. The summed E-state index contributed by atoms with van der Waals surface area (Å²) in [6.45, 7) is 13.1. The van der Waals surface area contributed by atoms with Crippen molar-refractivity contribution < 1.29 is 4.79 Å². The van der Waals surface area contributed by atoms with Crippen molar-refractivity contribution in [2.24, 2.45) is 11.8 Å². The van der Waals surface area contributed by atoms with E-state index in [0.717, 1.165) is 26.2 Å². The van der Waals surface area contributed by atoms with E-state index in [2.05, 4.69) is 92.1 Å². The molecule has 34 heavy (non-hydrogen) atoms. The Balaban J connectivity index is 1.73. The summed E-state index contributed by atoms with van der Waals surface area (Å²) >= 11 is 0. The lowest BCUT2D eigenvalue weighted by molar-refractivity contribution is -0.128. The molecular weight excluding hydrogens is 420 g/mol. The third-order valence-electron chi connectivity index (χ3n) is 6.06. The lowest BCUT2D eigenvalue weighted by Crippen LogP contribution is -2.50. The van der Waals surface area contributed by atoms with Gasteiger partial charge in [0, 0.05) is 45.5 Å². The van der Waals surface area contributed by atoms with Crippen molar-refractivity contribution in [2.45, 2.75) is 33.7 Å². The zero-order chi connectivity index (χ0) is 24.5. The summed E-state index contributed by atoms with van der Waals surface area (Å²) in [4.78, 5) is 19.6. The second-order valence-corrected chi connectivity index (χ2v) is 9.95. The number of carbonyl (C=O) groups excluding carboxylic acids is 1. The molecule has 0 spiro atoms. The number of rotatable bonds is 9. The maximum atomic E-state index is 13.2. The minimum atomic E-state index is -0.157. The molecule has 1 saturated heterocycles. The first-order chi connectivity index (χ1) is 16.4. The summed E-state index contributed by atoms with van der Waals surface area (Å²) in [6.07, 6.45) is 1.78. The summed E-state index contributed by atoms with van der Waals surface area (Å²) in [5.41, 5.74) is 2.74. The number of amides is 1. The molecule has 5 heteroatoms. The van der Waals surface area contributed by atoms with Crippen molar-refractivity contribution in [3.05, 3.63) is 83.6 Å². The molecule has 0 atom stereocenters. The fourth-order valence-corrected chi connectivity index (χ4v) is 4.67. The number of nitriles is 1. The van der Waals surface area contributed by atoms with Gasteiger partial charge in [-0.3, -0.25) is 9.69 Å². The molecule has 0 aromatic heterocycles. The van der Waals surface area contributed by atoms with E-state index in [-0.39, 0.29) is 17.5 Å². The third-order valence-corrected chi connectivity index (χ3v) is 6.06. The lowest BCUT2D eigenvalue weighted by atomic mass is 9.96. The first kappa shape index (κ1) is 25.5. The smallest absolute Gasteiger partial charge is 0.266 e. The van der Waals surface area contributed by atoms with Crippen LogP contribution in [-0.2, 0) is 4.79 Å². The summed E-state index contributed by atoms with van der Waals surface area (Å²) in [5.74, 6) is 0.763. The summed E-state index contributed by atoms with van der Waals surface area (Å²) < 4.78 is 0. The number of nitrogens with zero attached hydrogens (tertiary/aromatic N) is 4. The summed E-state index contributed by atoms with van der Waals surface area (Å²) in [6, 6.07) is 23.4. The Morgan fingerprint density at radius 2 is 1.35 bits per heavy atom. The van der Waals surface area contributed by atoms with Gasteiger partial charge in [0.15, 0.2) is 0 Å². The van der Waals surface area contributed by atoms with Crippen LogP contribution in [0.2, 0.25) is 0 Å². The van der Waals surface area contributed by atoms with Crippen molar-refractivity contribution in [3.63, 3.8) is 0 Å². The Bertz CT molecular complexity index is 921. The van der Waals surface area contributed by atoms with Gasteiger partial charge in [-0.1, -0.05) is 88.4 Å². The van der Waals surface area contributed by atoms with E-state index in [1.807, 2.05) is 17.0 Å². The van der Waals surface area contributed by atoms with Crippen LogP contribution in [0.4, 0.5) is 0 Å². The molecule has 1 aliphatic heterocycles. The number of benzene rings is 2. The van der Waals surface area contributed by atoms with Crippen LogP contribution in [0.25, 0.3) is 0 Å². The van der Waals surface area contributed by atoms with Crippen molar-refractivity contribution in [1.82, 2.24) is 14.7 Å². The minimum Gasteiger partial charge on any atom is -0.376 e. The standard InChI is InChI=1S/C29H38N4O/c1-23(2)20-31(21-24(3)4)22-27(19-30)29(34)33-17-15-32(16-18-33)28(25-11-7-5-8-12-25)26-13-9-6-10-14-26/h5-14,22-24,28H,15-18,20-21H2,1-4H3/b27-22-. The molecule has 0 saturated carbocycles. The van der Waals surface area contributed by atoms with E-state index >= 15 is 0 Å². The summed E-state index contributed by atoms with van der Waals surface area (Å²) in [7, 11) is 0. The summed E-state index contributed by atoms with van der Waals surface area (Å²) in [5, 5.41) is 9.78. The maximum Gasteiger partial charge on any atom is 0.266 e. The van der Waals surface area contributed by atoms with Gasteiger partial charge in [-0.15, -0.1) is 0 Å². The highest BCUT2D eigenvalue weighted by Gasteiger charge is 2.29. The Labute approximate surface area is 205 Å². The Morgan fingerprint density at radius 3 is 1.76 bits per heavy atom. The predicted octanol–water partition coefficient (Wildman–Crippen LogP) is 4.94. The minimum absolute atomic E-state index is 0.151. The third kappa shape index (κ3) is 6.95. The number of piperazine rings is 1. The normalized spacial score (nSPS) is 15.1. The molecule has 1 aliphatic rings. The fraction of sp³-hybridized carbons (Fsp3) is 0.448. The zero-order valence-electron chi connectivity index (χ0n) is 21.0. The predicted molar refractivity (Wildman–Crippen MR) is 138 cm³/mol. The van der Waals surface area contributed by atoms with E-state index in [1.165, 1.54) is 11.1 Å². The highest BCUT2D eigenvalue weighted by Crippen LogP contribution is 2.29. The Kier molecular flexibility index (Phi) is 9.30. The molecule has 1 heterocycles. The van der Waals surface area contributed by atoms with Gasteiger partial charge in [-0.05, 0) is 23.0 Å². The second kappa shape index (κ2) is 12.4. The largest absolute Gasteiger partial charge is 0.376 e. The highest BCUT2D eigenvalue weighted by atomic mass is 16.2.